The van der Waals surface area contributed by atoms with Gasteiger partial charge in [0.2, 0.25) is 5.91 Å². The van der Waals surface area contributed by atoms with Crippen molar-refractivity contribution in [2.24, 2.45) is 5.92 Å². The maximum Gasteiger partial charge on any atom is 0.237 e. The van der Waals surface area contributed by atoms with Gasteiger partial charge in [-0.15, -0.1) is 0 Å². The third-order valence-electron chi connectivity index (χ3n) is 2.20. The van der Waals surface area contributed by atoms with Gasteiger partial charge in [0.25, 0.3) is 0 Å². The minimum absolute atomic E-state index is 0.0186. The van der Waals surface area contributed by atoms with Gasteiger partial charge in [-0.2, -0.15) is 5.26 Å². The number of aliphatic hydroxyl groups excluding tert-OH is 1. The van der Waals surface area contributed by atoms with Gasteiger partial charge >= 0.3 is 0 Å². The molecular weight excluding hydrogens is 180 g/mol. The molecule has 0 saturated carbocycles. The second-order valence-corrected chi connectivity index (χ2v) is 3.22. The smallest absolute Gasteiger partial charge is 0.237 e. The van der Waals surface area contributed by atoms with E-state index >= 15 is 0 Å². The number of carbonyl (C=O) groups excluding carboxylic acids is 1. The number of rotatable bonds is 6. The molecule has 0 fully saturated rings. The Morgan fingerprint density at radius 1 is 1.50 bits per heavy atom. The van der Waals surface area contributed by atoms with Gasteiger partial charge in [-0.1, -0.05) is 13.8 Å². The first-order chi connectivity index (χ1) is 6.69. The topological polar surface area (TPSA) is 73.1 Å². The zero-order valence-corrected chi connectivity index (χ0v) is 8.79. The van der Waals surface area contributed by atoms with Crippen LogP contribution in [0.2, 0.25) is 0 Å². The van der Waals surface area contributed by atoms with Crippen LogP contribution < -0.4 is 5.32 Å². The van der Waals surface area contributed by atoms with Gasteiger partial charge in [0.05, 0.1) is 6.07 Å². The zero-order valence-electron chi connectivity index (χ0n) is 8.79. The number of nitrogens with zero attached hydrogens (tertiary/aromatic N) is 1. The van der Waals surface area contributed by atoms with Crippen molar-refractivity contribution in [2.75, 3.05) is 6.61 Å². The van der Waals surface area contributed by atoms with Crippen LogP contribution in [0, 0.1) is 17.2 Å². The molecular formula is C10H18N2O2. The molecule has 0 saturated heterocycles. The molecule has 4 heteroatoms. The lowest BCUT2D eigenvalue weighted by Gasteiger charge is -2.17. The van der Waals surface area contributed by atoms with Crippen LogP contribution in [0.5, 0.6) is 0 Å². The highest BCUT2D eigenvalue weighted by Gasteiger charge is 2.18. The monoisotopic (exact) mass is 198 g/mol. The number of nitriles is 1. The van der Waals surface area contributed by atoms with Crippen molar-refractivity contribution in [1.29, 1.82) is 5.26 Å². The standard InChI is InChI=1S/C10H18N2O2/c1-3-8(7-11)10(14)12-9(4-2)5-6-13/h8-9,13H,3-6H2,1-2H3,(H,12,14). The molecule has 2 unspecified atom stereocenters. The van der Waals surface area contributed by atoms with E-state index in [0.717, 1.165) is 6.42 Å². The Balaban J connectivity index is 4.08. The fourth-order valence-corrected chi connectivity index (χ4v) is 1.17. The summed E-state index contributed by atoms with van der Waals surface area (Å²) < 4.78 is 0. The van der Waals surface area contributed by atoms with Crippen molar-refractivity contribution in [3.8, 4) is 6.07 Å². The van der Waals surface area contributed by atoms with Crippen LogP contribution in [0.3, 0.4) is 0 Å². The maximum absolute atomic E-state index is 11.4. The summed E-state index contributed by atoms with van der Waals surface area (Å²) in [5.74, 6) is -0.793. The van der Waals surface area contributed by atoms with Crippen molar-refractivity contribution >= 4 is 5.91 Å². The summed E-state index contributed by atoms with van der Waals surface area (Å²) in [6, 6.07) is 1.93. The van der Waals surface area contributed by atoms with Crippen molar-refractivity contribution in [3.63, 3.8) is 0 Å². The molecule has 0 aromatic carbocycles. The van der Waals surface area contributed by atoms with E-state index in [1.807, 2.05) is 13.0 Å². The molecule has 2 atom stereocenters. The van der Waals surface area contributed by atoms with Crippen LogP contribution in [-0.2, 0) is 4.79 Å². The number of nitrogens with one attached hydrogen (secondary N) is 1. The number of hydrogen-bond acceptors (Lipinski definition) is 3. The minimum atomic E-state index is -0.567. The number of aliphatic hydroxyl groups is 1. The van der Waals surface area contributed by atoms with Crippen molar-refractivity contribution in [1.82, 2.24) is 5.32 Å². The molecule has 2 N–H and O–H groups in total. The summed E-state index contributed by atoms with van der Waals surface area (Å²) >= 11 is 0. The van der Waals surface area contributed by atoms with Crippen LogP contribution in [-0.4, -0.2) is 23.7 Å². The normalized spacial score (nSPS) is 14.1. The molecule has 0 aromatic rings. The van der Waals surface area contributed by atoms with E-state index in [0.29, 0.717) is 12.8 Å². The summed E-state index contributed by atoms with van der Waals surface area (Å²) in [6.45, 7) is 3.80. The molecule has 4 nitrogen and oxygen atoms in total. The highest BCUT2D eigenvalue weighted by atomic mass is 16.3. The lowest BCUT2D eigenvalue weighted by atomic mass is 10.1. The minimum Gasteiger partial charge on any atom is -0.396 e. The Hall–Kier alpha value is -1.08. The summed E-state index contributed by atoms with van der Waals surface area (Å²) in [7, 11) is 0. The quantitative estimate of drug-likeness (QED) is 0.663. The first-order valence-electron chi connectivity index (χ1n) is 5.00. The maximum atomic E-state index is 11.4. The molecule has 0 bridgehead atoms. The van der Waals surface area contributed by atoms with Gasteiger partial charge in [0.1, 0.15) is 5.92 Å². The van der Waals surface area contributed by atoms with Crippen molar-refractivity contribution < 1.29 is 9.90 Å². The third-order valence-corrected chi connectivity index (χ3v) is 2.20. The Kier molecular flexibility index (Phi) is 6.77. The first kappa shape index (κ1) is 12.9. The highest BCUT2D eigenvalue weighted by Crippen LogP contribution is 2.03. The van der Waals surface area contributed by atoms with E-state index in [4.69, 9.17) is 10.4 Å². The molecule has 0 spiro atoms. The van der Waals surface area contributed by atoms with E-state index in [9.17, 15) is 4.79 Å². The Labute approximate surface area is 84.9 Å². The van der Waals surface area contributed by atoms with Crippen LogP contribution >= 0.6 is 0 Å². The average molecular weight is 198 g/mol. The molecule has 0 heterocycles. The van der Waals surface area contributed by atoms with E-state index < -0.39 is 5.92 Å². The predicted molar refractivity (Wildman–Crippen MR) is 53.3 cm³/mol. The molecule has 14 heavy (non-hydrogen) atoms. The van der Waals surface area contributed by atoms with Crippen molar-refractivity contribution in [3.05, 3.63) is 0 Å². The second-order valence-electron chi connectivity index (χ2n) is 3.22. The second kappa shape index (κ2) is 7.34. The summed E-state index contributed by atoms with van der Waals surface area (Å²) in [6.07, 6.45) is 1.84. The average Bonchev–Trinajstić information content (AvgIpc) is 2.19. The molecule has 0 aliphatic carbocycles. The number of amides is 1. The lowest BCUT2D eigenvalue weighted by molar-refractivity contribution is -0.124. The Bertz CT molecular complexity index is 211. The van der Waals surface area contributed by atoms with Crippen molar-refractivity contribution in [2.45, 2.75) is 39.2 Å². The molecule has 0 aromatic heterocycles. The van der Waals surface area contributed by atoms with E-state index in [1.54, 1.807) is 6.92 Å². The molecule has 0 aliphatic heterocycles. The van der Waals surface area contributed by atoms with Crippen LogP contribution in [0.1, 0.15) is 33.1 Å². The van der Waals surface area contributed by atoms with Gasteiger partial charge in [0, 0.05) is 12.6 Å². The van der Waals surface area contributed by atoms with Gasteiger partial charge in [0.15, 0.2) is 0 Å². The van der Waals surface area contributed by atoms with Crippen LogP contribution in [0.4, 0.5) is 0 Å². The summed E-state index contributed by atoms with van der Waals surface area (Å²) in [5, 5.41) is 20.1. The van der Waals surface area contributed by atoms with Gasteiger partial charge in [-0.25, -0.2) is 0 Å². The third kappa shape index (κ3) is 4.24. The number of carbonyl (C=O) groups is 1. The summed E-state index contributed by atoms with van der Waals surface area (Å²) in [5.41, 5.74) is 0. The van der Waals surface area contributed by atoms with E-state index in [1.165, 1.54) is 0 Å². The fourth-order valence-electron chi connectivity index (χ4n) is 1.17. The van der Waals surface area contributed by atoms with Crippen LogP contribution in [0.25, 0.3) is 0 Å². The fraction of sp³-hybridized carbons (Fsp3) is 0.800. The summed E-state index contributed by atoms with van der Waals surface area (Å²) in [4.78, 5) is 11.4. The molecule has 0 rings (SSSR count). The largest absolute Gasteiger partial charge is 0.396 e. The Morgan fingerprint density at radius 2 is 2.14 bits per heavy atom. The lowest BCUT2D eigenvalue weighted by Crippen LogP contribution is -2.38. The zero-order chi connectivity index (χ0) is 11.0. The van der Waals surface area contributed by atoms with Gasteiger partial charge in [-0.3, -0.25) is 4.79 Å². The van der Waals surface area contributed by atoms with Crippen LogP contribution in [0.15, 0.2) is 0 Å². The van der Waals surface area contributed by atoms with Gasteiger partial charge in [-0.05, 0) is 19.3 Å². The van der Waals surface area contributed by atoms with E-state index in [2.05, 4.69) is 5.32 Å². The van der Waals surface area contributed by atoms with E-state index in [-0.39, 0.29) is 18.6 Å². The van der Waals surface area contributed by atoms with Gasteiger partial charge < -0.3 is 10.4 Å². The first-order valence-corrected chi connectivity index (χ1v) is 5.00. The predicted octanol–water partition coefficient (Wildman–Crippen LogP) is 0.813. The molecule has 0 aliphatic rings. The molecule has 80 valence electrons. The highest BCUT2D eigenvalue weighted by molar-refractivity contribution is 5.81. The Morgan fingerprint density at radius 3 is 2.50 bits per heavy atom. The number of hydrogen-bond donors (Lipinski definition) is 2. The SMILES string of the molecule is CCC(CCO)NC(=O)C(C#N)CC. The molecule has 1 amide bonds. The molecule has 0 radical (unpaired) electrons.